The Bertz CT molecular complexity index is 203. The first kappa shape index (κ1) is 11.5. The van der Waals surface area contributed by atoms with Crippen LogP contribution in [0.1, 0.15) is 51.4 Å². The van der Waals surface area contributed by atoms with Gasteiger partial charge in [0.1, 0.15) is 11.5 Å². The maximum Gasteiger partial charge on any atom is 0.184 e. The molecular weight excluding hydrogens is 204 g/mol. The highest BCUT2D eigenvalue weighted by Crippen LogP contribution is 2.25. The molecule has 0 aromatic heterocycles. The fraction of sp³-hybridized carbons (Fsp3) is 0.923. The Morgan fingerprint density at radius 3 is 2.20 bits per heavy atom. The first-order chi connectivity index (χ1) is 7.36. The monoisotopic (exact) mass is 227 g/mol. The van der Waals surface area contributed by atoms with Gasteiger partial charge in [-0.3, -0.25) is 4.79 Å². The summed E-state index contributed by atoms with van der Waals surface area (Å²) < 4.78 is 0. The van der Waals surface area contributed by atoms with Crippen LogP contribution in [-0.4, -0.2) is 23.0 Å². The molecule has 0 bridgehead atoms. The molecule has 0 atom stereocenters. The maximum atomic E-state index is 12.1. The lowest BCUT2D eigenvalue weighted by atomic mass is 9.87. The molecule has 1 saturated carbocycles. The fourth-order valence-electron chi connectivity index (χ4n) is 2.78. The number of carbonyl (C=O) groups excluding carboxylic acids is 1. The fourth-order valence-corrected chi connectivity index (χ4v) is 5.13. The van der Waals surface area contributed by atoms with Crippen LogP contribution in [0.5, 0.6) is 0 Å². The van der Waals surface area contributed by atoms with Crippen LogP contribution >= 0.6 is 0 Å². The average molecular weight is 227 g/mol. The van der Waals surface area contributed by atoms with Crippen molar-refractivity contribution in [2.24, 2.45) is 5.92 Å². The summed E-state index contributed by atoms with van der Waals surface area (Å²) in [6.07, 6.45) is 10.5. The van der Waals surface area contributed by atoms with E-state index in [2.05, 4.69) is 0 Å². The van der Waals surface area contributed by atoms with Crippen molar-refractivity contribution < 1.29 is 4.79 Å². The largest absolute Gasteiger partial charge is 0.294 e. The third kappa shape index (κ3) is 3.51. The molecule has 1 aliphatic heterocycles. The van der Waals surface area contributed by atoms with Gasteiger partial charge in [-0.25, -0.2) is 0 Å². The normalized spacial score (nSPS) is 25.3. The zero-order valence-corrected chi connectivity index (χ0v) is 10.5. The van der Waals surface area contributed by atoms with Gasteiger partial charge in [-0.1, -0.05) is 19.3 Å². The van der Waals surface area contributed by atoms with E-state index in [1.165, 1.54) is 62.9 Å². The van der Waals surface area contributed by atoms with Crippen LogP contribution in [-0.2, 0) is 15.7 Å². The Kier molecular flexibility index (Phi) is 4.55. The minimum Gasteiger partial charge on any atom is -0.294 e. The predicted octanol–water partition coefficient (Wildman–Crippen LogP) is 2.94. The van der Waals surface area contributed by atoms with Gasteiger partial charge in [0, 0.05) is 5.92 Å². The molecule has 1 nitrogen and oxygen atoms in total. The molecule has 86 valence electrons. The lowest BCUT2D eigenvalue weighted by Gasteiger charge is -2.21. The van der Waals surface area contributed by atoms with Crippen LogP contribution in [0.2, 0.25) is 0 Å². The van der Waals surface area contributed by atoms with Crippen molar-refractivity contribution in [3.05, 3.63) is 0 Å². The van der Waals surface area contributed by atoms with Gasteiger partial charge in [-0.2, -0.15) is 0 Å². The Morgan fingerprint density at radius 1 is 0.933 bits per heavy atom. The Balaban J connectivity index is 1.74. The Labute approximate surface area is 96.4 Å². The molecule has 0 amide bonds. The standard InChI is InChI=1S/C13H23OS/c14-13(12-7-3-1-4-8-12)11-15-9-5-2-6-10-15/h12H,1-11H2/q+1. The molecule has 0 unspecified atom stereocenters. The van der Waals surface area contributed by atoms with Gasteiger partial charge in [0.05, 0.1) is 0 Å². The molecule has 15 heavy (non-hydrogen) atoms. The van der Waals surface area contributed by atoms with Crippen LogP contribution < -0.4 is 0 Å². The number of rotatable bonds is 3. The second-order valence-electron chi connectivity index (χ2n) is 5.03. The smallest absolute Gasteiger partial charge is 0.184 e. The molecule has 1 saturated heterocycles. The summed E-state index contributed by atoms with van der Waals surface area (Å²) in [5.41, 5.74) is 0. The molecule has 2 fully saturated rings. The van der Waals surface area contributed by atoms with Crippen LogP contribution in [0.15, 0.2) is 0 Å². The van der Waals surface area contributed by atoms with Gasteiger partial charge in [0.15, 0.2) is 11.5 Å². The number of Topliss-reactive ketones (excluding diaryl/α,β-unsaturated/α-hetero) is 1. The van der Waals surface area contributed by atoms with E-state index in [9.17, 15) is 4.79 Å². The summed E-state index contributed by atoms with van der Waals surface area (Å²) in [5.74, 6) is 4.69. The highest BCUT2D eigenvalue weighted by Gasteiger charge is 2.29. The number of hydrogen-bond acceptors (Lipinski definition) is 1. The van der Waals surface area contributed by atoms with Crippen molar-refractivity contribution >= 4 is 16.7 Å². The van der Waals surface area contributed by atoms with E-state index in [1.807, 2.05) is 0 Å². The number of ketones is 1. The highest BCUT2D eigenvalue weighted by atomic mass is 32.2. The van der Waals surface area contributed by atoms with Crippen LogP contribution in [0.25, 0.3) is 0 Å². The molecule has 0 aromatic rings. The summed E-state index contributed by atoms with van der Waals surface area (Å²) in [4.78, 5) is 12.1. The lowest BCUT2D eigenvalue weighted by molar-refractivity contribution is -0.121. The lowest BCUT2D eigenvalue weighted by Crippen LogP contribution is -2.30. The topological polar surface area (TPSA) is 17.1 Å². The summed E-state index contributed by atoms with van der Waals surface area (Å²) in [5, 5.41) is 0. The average Bonchev–Trinajstić information content (AvgIpc) is 2.31. The van der Waals surface area contributed by atoms with E-state index in [1.54, 1.807) is 0 Å². The third-order valence-corrected chi connectivity index (χ3v) is 6.20. The van der Waals surface area contributed by atoms with Gasteiger partial charge in [-0.15, -0.1) is 0 Å². The van der Waals surface area contributed by atoms with Crippen LogP contribution in [0.4, 0.5) is 0 Å². The first-order valence-corrected chi connectivity index (χ1v) is 8.26. The van der Waals surface area contributed by atoms with E-state index in [4.69, 9.17) is 0 Å². The minimum absolute atomic E-state index is 0.452. The quantitative estimate of drug-likeness (QED) is 0.678. The van der Waals surface area contributed by atoms with Gasteiger partial charge < -0.3 is 0 Å². The Morgan fingerprint density at radius 2 is 1.53 bits per heavy atom. The Hall–Kier alpha value is 0.0200. The molecule has 0 radical (unpaired) electrons. The first-order valence-electron chi connectivity index (χ1n) is 6.53. The zero-order chi connectivity index (χ0) is 10.5. The molecule has 2 rings (SSSR count). The number of carbonyl (C=O) groups is 1. The molecule has 2 heteroatoms. The van der Waals surface area contributed by atoms with Crippen molar-refractivity contribution in [3.63, 3.8) is 0 Å². The van der Waals surface area contributed by atoms with Crippen LogP contribution in [0.3, 0.4) is 0 Å². The highest BCUT2D eigenvalue weighted by molar-refractivity contribution is 7.97. The van der Waals surface area contributed by atoms with Crippen molar-refractivity contribution in [1.82, 2.24) is 0 Å². The van der Waals surface area contributed by atoms with Crippen molar-refractivity contribution in [2.45, 2.75) is 51.4 Å². The zero-order valence-electron chi connectivity index (χ0n) is 9.67. The molecule has 1 heterocycles. The molecule has 1 aliphatic carbocycles. The van der Waals surface area contributed by atoms with Gasteiger partial charge >= 0.3 is 0 Å². The summed E-state index contributed by atoms with van der Waals surface area (Å²) in [6, 6.07) is 0. The van der Waals surface area contributed by atoms with E-state index in [0.29, 0.717) is 22.6 Å². The SMILES string of the molecule is O=C(C[S+]1CCCCC1)C1CCCCC1. The molecule has 0 aromatic carbocycles. The second kappa shape index (κ2) is 5.93. The molecular formula is C13H23OS+. The molecule has 0 spiro atoms. The maximum absolute atomic E-state index is 12.1. The summed E-state index contributed by atoms with van der Waals surface area (Å²) in [6.45, 7) is 0. The molecule has 0 N–H and O–H groups in total. The predicted molar refractivity (Wildman–Crippen MR) is 67.4 cm³/mol. The number of hydrogen-bond donors (Lipinski definition) is 0. The van der Waals surface area contributed by atoms with Crippen LogP contribution in [0, 0.1) is 5.92 Å². The molecule has 2 aliphatic rings. The van der Waals surface area contributed by atoms with Gasteiger partial charge in [0.25, 0.3) is 0 Å². The van der Waals surface area contributed by atoms with Gasteiger partial charge in [-0.05, 0) is 43.0 Å². The van der Waals surface area contributed by atoms with Crippen molar-refractivity contribution in [3.8, 4) is 0 Å². The van der Waals surface area contributed by atoms with E-state index in [-0.39, 0.29) is 0 Å². The van der Waals surface area contributed by atoms with Gasteiger partial charge in [0.2, 0.25) is 0 Å². The van der Waals surface area contributed by atoms with E-state index < -0.39 is 0 Å². The van der Waals surface area contributed by atoms with E-state index in [0.717, 1.165) is 5.75 Å². The van der Waals surface area contributed by atoms with Crippen molar-refractivity contribution in [1.29, 1.82) is 0 Å². The second-order valence-corrected chi connectivity index (χ2v) is 7.36. The minimum atomic E-state index is 0.452. The van der Waals surface area contributed by atoms with Crippen molar-refractivity contribution in [2.75, 3.05) is 17.3 Å². The third-order valence-electron chi connectivity index (χ3n) is 3.77. The summed E-state index contributed by atoms with van der Waals surface area (Å²) in [7, 11) is 0.474. The van der Waals surface area contributed by atoms with E-state index >= 15 is 0 Å². The summed E-state index contributed by atoms with van der Waals surface area (Å²) >= 11 is 0.